The summed E-state index contributed by atoms with van der Waals surface area (Å²) in [5.41, 5.74) is 0.606. The van der Waals surface area contributed by atoms with Crippen molar-refractivity contribution in [2.45, 2.75) is 19.4 Å². The number of rotatable bonds is 5. The van der Waals surface area contributed by atoms with E-state index >= 15 is 0 Å². The number of hydrogen-bond acceptors (Lipinski definition) is 5. The third-order valence-corrected chi connectivity index (χ3v) is 5.13. The number of nitrogens with zero attached hydrogens (tertiary/aromatic N) is 2. The maximum absolute atomic E-state index is 12.5. The van der Waals surface area contributed by atoms with Crippen molar-refractivity contribution in [2.24, 2.45) is 5.92 Å². The van der Waals surface area contributed by atoms with Gasteiger partial charge in [-0.05, 0) is 25.0 Å². The Morgan fingerprint density at radius 1 is 1.27 bits per heavy atom. The zero-order valence-electron chi connectivity index (χ0n) is 14.1. The van der Waals surface area contributed by atoms with E-state index in [1.165, 1.54) is 16.7 Å². The molecule has 136 valence electrons. The van der Waals surface area contributed by atoms with Gasteiger partial charge in [-0.1, -0.05) is 18.2 Å². The number of likely N-dealkylation sites (tertiary alicyclic amines) is 1. The van der Waals surface area contributed by atoms with Crippen LogP contribution in [0.3, 0.4) is 0 Å². The molecule has 0 saturated carbocycles. The largest absolute Gasteiger partial charge is 0.476 e. The second kappa shape index (κ2) is 8.09. The number of carboxylic acids is 1. The molecule has 1 atom stereocenters. The smallest absolute Gasteiger partial charge is 0.355 e. The van der Waals surface area contributed by atoms with Gasteiger partial charge in [-0.15, -0.1) is 11.3 Å². The molecule has 1 aliphatic rings. The van der Waals surface area contributed by atoms with Crippen LogP contribution in [0.25, 0.3) is 0 Å². The van der Waals surface area contributed by atoms with E-state index in [4.69, 9.17) is 5.11 Å². The van der Waals surface area contributed by atoms with Gasteiger partial charge in [0, 0.05) is 24.0 Å². The van der Waals surface area contributed by atoms with Gasteiger partial charge in [0.25, 0.3) is 5.91 Å². The molecule has 8 heteroatoms. The number of benzene rings is 1. The highest BCUT2D eigenvalue weighted by molar-refractivity contribution is 7.09. The topological polar surface area (TPSA) is 99.6 Å². The summed E-state index contributed by atoms with van der Waals surface area (Å²) in [7, 11) is 0. The van der Waals surface area contributed by atoms with Gasteiger partial charge < -0.3 is 15.3 Å². The van der Waals surface area contributed by atoms with E-state index < -0.39 is 5.97 Å². The van der Waals surface area contributed by atoms with Gasteiger partial charge in [-0.3, -0.25) is 9.59 Å². The van der Waals surface area contributed by atoms with Crippen molar-refractivity contribution in [3.8, 4) is 0 Å². The van der Waals surface area contributed by atoms with Crippen molar-refractivity contribution in [1.82, 2.24) is 15.2 Å². The van der Waals surface area contributed by atoms with Crippen LogP contribution in [0.1, 0.15) is 38.7 Å². The summed E-state index contributed by atoms with van der Waals surface area (Å²) in [6.07, 6.45) is 1.50. The Morgan fingerprint density at radius 2 is 2.04 bits per heavy atom. The Hall–Kier alpha value is -2.74. The first-order chi connectivity index (χ1) is 12.5. The van der Waals surface area contributed by atoms with Crippen molar-refractivity contribution in [2.75, 3.05) is 13.1 Å². The minimum atomic E-state index is -1.08. The molecular weight excluding hydrogens is 354 g/mol. The molecule has 1 aliphatic heterocycles. The van der Waals surface area contributed by atoms with Gasteiger partial charge in [0.15, 0.2) is 5.69 Å². The number of piperidine rings is 1. The molecule has 1 unspecified atom stereocenters. The van der Waals surface area contributed by atoms with E-state index in [0.29, 0.717) is 23.7 Å². The summed E-state index contributed by atoms with van der Waals surface area (Å²) < 4.78 is 0. The lowest BCUT2D eigenvalue weighted by atomic mass is 9.96. The summed E-state index contributed by atoms with van der Waals surface area (Å²) in [6.45, 7) is 1.23. The number of hydrogen-bond donors (Lipinski definition) is 2. The molecule has 1 aromatic heterocycles. The SMILES string of the molecule is O=C(O)c1csc(CNC(=O)C2CCCN(C(=O)c3ccccc3)C2)n1. The van der Waals surface area contributed by atoms with Crippen LogP contribution >= 0.6 is 11.3 Å². The number of carboxylic acid groups (broad SMARTS) is 1. The lowest BCUT2D eigenvalue weighted by Crippen LogP contribution is -2.45. The first-order valence-electron chi connectivity index (χ1n) is 8.34. The van der Waals surface area contributed by atoms with Gasteiger partial charge >= 0.3 is 5.97 Å². The molecule has 1 aromatic carbocycles. The average Bonchev–Trinajstić information content (AvgIpc) is 3.16. The van der Waals surface area contributed by atoms with Gasteiger partial charge in [-0.2, -0.15) is 0 Å². The molecule has 0 spiro atoms. The van der Waals surface area contributed by atoms with Crippen molar-refractivity contribution >= 4 is 29.1 Å². The Kier molecular flexibility index (Phi) is 5.62. The number of aromatic carboxylic acids is 1. The van der Waals surface area contributed by atoms with Crippen molar-refractivity contribution < 1.29 is 19.5 Å². The highest BCUT2D eigenvalue weighted by Gasteiger charge is 2.28. The lowest BCUT2D eigenvalue weighted by molar-refractivity contribution is -0.126. The van der Waals surface area contributed by atoms with E-state index in [0.717, 1.165) is 12.8 Å². The van der Waals surface area contributed by atoms with Crippen molar-refractivity contribution in [3.05, 3.63) is 52.0 Å². The summed E-state index contributed by atoms with van der Waals surface area (Å²) in [4.78, 5) is 41.5. The summed E-state index contributed by atoms with van der Waals surface area (Å²) >= 11 is 1.20. The van der Waals surface area contributed by atoms with E-state index in [9.17, 15) is 14.4 Å². The van der Waals surface area contributed by atoms with Crippen LogP contribution in [-0.4, -0.2) is 45.9 Å². The van der Waals surface area contributed by atoms with Crippen LogP contribution < -0.4 is 5.32 Å². The number of aromatic nitrogens is 1. The molecule has 0 bridgehead atoms. The number of nitrogens with one attached hydrogen (secondary N) is 1. The molecule has 2 amide bonds. The van der Waals surface area contributed by atoms with Gasteiger partial charge in [0.05, 0.1) is 12.5 Å². The molecule has 3 rings (SSSR count). The van der Waals surface area contributed by atoms with Crippen molar-refractivity contribution in [3.63, 3.8) is 0 Å². The molecule has 2 heterocycles. The minimum Gasteiger partial charge on any atom is -0.476 e. The Morgan fingerprint density at radius 3 is 2.73 bits per heavy atom. The van der Waals surface area contributed by atoms with E-state index in [-0.39, 0.29) is 30.0 Å². The van der Waals surface area contributed by atoms with E-state index in [1.807, 2.05) is 18.2 Å². The zero-order valence-corrected chi connectivity index (χ0v) is 14.9. The first kappa shape index (κ1) is 18.1. The fraction of sp³-hybridized carbons (Fsp3) is 0.333. The normalized spacial score (nSPS) is 16.9. The predicted octanol–water partition coefficient (Wildman–Crippen LogP) is 2.01. The van der Waals surface area contributed by atoms with Crippen LogP contribution in [0.5, 0.6) is 0 Å². The molecule has 26 heavy (non-hydrogen) atoms. The fourth-order valence-electron chi connectivity index (χ4n) is 2.94. The first-order valence-corrected chi connectivity index (χ1v) is 9.22. The number of amides is 2. The molecule has 1 saturated heterocycles. The molecular formula is C18H19N3O4S. The van der Waals surface area contributed by atoms with Crippen LogP contribution in [-0.2, 0) is 11.3 Å². The summed E-state index contributed by atoms with van der Waals surface area (Å²) in [5.74, 6) is -1.55. The van der Waals surface area contributed by atoms with Crippen LogP contribution in [0.15, 0.2) is 35.7 Å². The van der Waals surface area contributed by atoms with Crippen LogP contribution in [0.4, 0.5) is 0 Å². The molecule has 1 fully saturated rings. The van der Waals surface area contributed by atoms with Crippen LogP contribution in [0.2, 0.25) is 0 Å². The third kappa shape index (κ3) is 4.26. The van der Waals surface area contributed by atoms with Gasteiger partial charge in [0.1, 0.15) is 5.01 Å². The molecule has 0 aliphatic carbocycles. The maximum Gasteiger partial charge on any atom is 0.355 e. The maximum atomic E-state index is 12.5. The Balaban J connectivity index is 1.55. The second-order valence-electron chi connectivity index (χ2n) is 6.11. The molecule has 0 radical (unpaired) electrons. The zero-order chi connectivity index (χ0) is 18.5. The van der Waals surface area contributed by atoms with Gasteiger partial charge in [0.2, 0.25) is 5.91 Å². The monoisotopic (exact) mass is 373 g/mol. The molecule has 2 N–H and O–H groups in total. The lowest BCUT2D eigenvalue weighted by Gasteiger charge is -2.32. The van der Waals surface area contributed by atoms with Crippen molar-refractivity contribution in [1.29, 1.82) is 0 Å². The summed E-state index contributed by atoms with van der Waals surface area (Å²) in [5, 5.41) is 13.7. The number of carbonyl (C=O) groups is 3. The van der Waals surface area contributed by atoms with E-state index in [2.05, 4.69) is 10.3 Å². The summed E-state index contributed by atoms with van der Waals surface area (Å²) in [6, 6.07) is 9.04. The van der Waals surface area contributed by atoms with Crippen LogP contribution in [0, 0.1) is 5.92 Å². The quantitative estimate of drug-likeness (QED) is 0.835. The fourth-order valence-corrected chi connectivity index (χ4v) is 3.64. The molecule has 2 aromatic rings. The molecule has 7 nitrogen and oxygen atoms in total. The third-order valence-electron chi connectivity index (χ3n) is 4.28. The highest BCUT2D eigenvalue weighted by Crippen LogP contribution is 2.19. The highest BCUT2D eigenvalue weighted by atomic mass is 32.1. The number of carbonyl (C=O) groups excluding carboxylic acids is 2. The second-order valence-corrected chi connectivity index (χ2v) is 7.05. The predicted molar refractivity (Wildman–Crippen MR) is 96.0 cm³/mol. The Bertz CT molecular complexity index is 806. The van der Waals surface area contributed by atoms with Gasteiger partial charge in [-0.25, -0.2) is 9.78 Å². The number of thiazole rings is 1. The minimum absolute atomic E-state index is 0.0171. The standard InChI is InChI=1S/C18H19N3O4S/c22-16(19-9-15-20-14(11-26-15)18(24)25)13-7-4-8-21(10-13)17(23)12-5-2-1-3-6-12/h1-3,5-6,11,13H,4,7-10H2,(H,19,22)(H,24,25). The van der Waals surface area contributed by atoms with E-state index in [1.54, 1.807) is 17.0 Å². The average molecular weight is 373 g/mol. The Labute approximate surface area is 154 Å².